The number of nitrogens with zero attached hydrogens (tertiary/aromatic N) is 2. The first kappa shape index (κ1) is 40.0. The number of aryl methyl sites for hydroxylation is 2. The van der Waals surface area contributed by atoms with Crippen LogP contribution in [0.3, 0.4) is 0 Å². The molecule has 0 saturated carbocycles. The van der Waals surface area contributed by atoms with Gasteiger partial charge in [0.25, 0.3) is 0 Å². The number of benzene rings is 10. The summed E-state index contributed by atoms with van der Waals surface area (Å²) in [6.45, 7) is 18.1. The van der Waals surface area contributed by atoms with Crippen LogP contribution >= 0.6 is 0 Å². The van der Waals surface area contributed by atoms with Crippen LogP contribution in [0.25, 0.3) is 76.2 Å². The highest BCUT2D eigenvalue weighted by atomic mass is 16.3. The van der Waals surface area contributed by atoms with Crippen molar-refractivity contribution in [3.8, 4) is 0 Å². The summed E-state index contributed by atoms with van der Waals surface area (Å²) < 4.78 is 14.2. The molecule has 0 aliphatic rings. The van der Waals surface area contributed by atoms with Gasteiger partial charge in [-0.15, -0.1) is 0 Å². The van der Waals surface area contributed by atoms with Crippen molar-refractivity contribution in [1.82, 2.24) is 0 Å². The van der Waals surface area contributed by atoms with Gasteiger partial charge < -0.3 is 18.6 Å². The zero-order chi connectivity index (χ0) is 45.2. The van der Waals surface area contributed by atoms with Gasteiger partial charge in [0, 0.05) is 54.8 Å². The Morgan fingerprint density at radius 1 is 0.318 bits per heavy atom. The summed E-state index contributed by atoms with van der Waals surface area (Å²) in [7, 11) is 0. The third-order valence-corrected chi connectivity index (χ3v) is 13.9. The molecule has 0 bridgehead atoms. The molecular formula is C62H52N2O2. The SMILES string of the molecule is Cc1cc(N(c2ccccc2)c2cccc3c2oc2c(C(C)(C)C)cccc23)c2ccc3c(C)cc(N(c4ccccc4)c4cccc5c4oc4c(C(C)(C)C)cccc45)c4ccc1c2c34. The molecule has 10 aromatic carbocycles. The molecular weight excluding hydrogens is 805 g/mol. The van der Waals surface area contributed by atoms with E-state index in [1.807, 2.05) is 0 Å². The van der Waals surface area contributed by atoms with Gasteiger partial charge in [0.2, 0.25) is 0 Å². The molecule has 0 fully saturated rings. The number of rotatable bonds is 6. The highest BCUT2D eigenvalue weighted by Gasteiger charge is 2.29. The van der Waals surface area contributed by atoms with E-state index < -0.39 is 0 Å². The monoisotopic (exact) mass is 856 g/mol. The van der Waals surface area contributed by atoms with E-state index in [1.54, 1.807) is 0 Å². The number of para-hydroxylation sites is 6. The number of hydrogen-bond acceptors (Lipinski definition) is 4. The Balaban J connectivity index is 1.15. The first-order valence-electron chi connectivity index (χ1n) is 23.2. The fourth-order valence-corrected chi connectivity index (χ4v) is 10.8. The second-order valence-corrected chi connectivity index (χ2v) is 20.2. The summed E-state index contributed by atoms with van der Waals surface area (Å²) in [6, 6.07) is 61.9. The summed E-state index contributed by atoms with van der Waals surface area (Å²) >= 11 is 0. The lowest BCUT2D eigenvalue weighted by Crippen LogP contribution is -2.12. The fraction of sp³-hybridized carbons (Fsp3) is 0.161. The topological polar surface area (TPSA) is 32.8 Å². The van der Waals surface area contributed by atoms with Crippen molar-refractivity contribution in [2.75, 3.05) is 9.80 Å². The average molecular weight is 857 g/mol. The van der Waals surface area contributed by atoms with Gasteiger partial charge in [-0.3, -0.25) is 0 Å². The van der Waals surface area contributed by atoms with E-state index in [2.05, 4.69) is 235 Å². The maximum absolute atomic E-state index is 7.08. The van der Waals surface area contributed by atoms with Crippen LogP contribution in [0.5, 0.6) is 0 Å². The van der Waals surface area contributed by atoms with Gasteiger partial charge in [-0.1, -0.05) is 163 Å². The highest BCUT2D eigenvalue weighted by Crippen LogP contribution is 2.52. The predicted molar refractivity (Wildman–Crippen MR) is 281 cm³/mol. The van der Waals surface area contributed by atoms with Crippen LogP contribution in [0.15, 0.2) is 179 Å². The Labute approximate surface area is 385 Å². The molecule has 0 spiro atoms. The molecule has 66 heavy (non-hydrogen) atoms. The summed E-state index contributed by atoms with van der Waals surface area (Å²) in [5.74, 6) is 0. The Morgan fingerprint density at radius 2 is 0.667 bits per heavy atom. The summed E-state index contributed by atoms with van der Waals surface area (Å²) in [5, 5.41) is 11.8. The molecule has 2 aromatic heterocycles. The number of furan rings is 2. The van der Waals surface area contributed by atoms with Gasteiger partial charge in [-0.25, -0.2) is 0 Å². The van der Waals surface area contributed by atoms with Crippen molar-refractivity contribution in [2.45, 2.75) is 66.2 Å². The van der Waals surface area contributed by atoms with Crippen molar-refractivity contribution in [2.24, 2.45) is 0 Å². The van der Waals surface area contributed by atoms with E-state index in [4.69, 9.17) is 8.83 Å². The number of fused-ring (bicyclic) bond motifs is 6. The largest absolute Gasteiger partial charge is 0.454 e. The smallest absolute Gasteiger partial charge is 0.159 e. The summed E-state index contributed by atoms with van der Waals surface area (Å²) in [5.41, 5.74) is 14.7. The maximum atomic E-state index is 7.08. The minimum atomic E-state index is -0.0860. The molecule has 322 valence electrons. The third-order valence-electron chi connectivity index (χ3n) is 13.9. The lowest BCUT2D eigenvalue weighted by Gasteiger charge is -2.30. The molecule has 4 nitrogen and oxygen atoms in total. The van der Waals surface area contributed by atoms with Crippen molar-refractivity contribution >= 4 is 110 Å². The molecule has 0 saturated heterocycles. The Bertz CT molecular complexity index is 3610. The Morgan fingerprint density at radius 3 is 1.05 bits per heavy atom. The van der Waals surface area contributed by atoms with E-state index in [1.165, 1.54) is 54.6 Å². The lowest BCUT2D eigenvalue weighted by molar-refractivity contribution is 0.572. The first-order chi connectivity index (χ1) is 31.9. The van der Waals surface area contributed by atoms with Crippen LogP contribution in [-0.2, 0) is 10.8 Å². The van der Waals surface area contributed by atoms with Crippen molar-refractivity contribution in [3.63, 3.8) is 0 Å². The van der Waals surface area contributed by atoms with Crippen molar-refractivity contribution in [1.29, 1.82) is 0 Å². The van der Waals surface area contributed by atoms with Crippen LogP contribution in [0.4, 0.5) is 34.1 Å². The zero-order valence-corrected chi connectivity index (χ0v) is 38.9. The van der Waals surface area contributed by atoms with Gasteiger partial charge in [0.1, 0.15) is 11.2 Å². The van der Waals surface area contributed by atoms with Crippen molar-refractivity contribution < 1.29 is 8.83 Å². The van der Waals surface area contributed by atoms with E-state index in [9.17, 15) is 0 Å². The highest BCUT2D eigenvalue weighted by molar-refractivity contribution is 6.30. The standard InChI is InChI=1S/C62H52N2O2/c1-37-35-53(63(39-19-11-9-12-20-39)51-29-17-25-45-43-23-15-27-49(61(3,4)5)57(43)65-59(45)51)47-34-32-42-38(2)36-54(48-33-31-41(37)55(47)56(42)48)64(40-21-13-10-14-22-40)52-30-18-26-46-44-24-16-28-50(62(6,7)8)58(44)66-60(46)52/h9-36H,1-8H3. The Kier molecular flexibility index (Phi) is 8.77. The van der Waals surface area contributed by atoms with E-state index >= 15 is 0 Å². The van der Waals surface area contributed by atoms with Gasteiger partial charge >= 0.3 is 0 Å². The average Bonchev–Trinajstić information content (AvgIpc) is 3.90. The molecule has 0 radical (unpaired) electrons. The van der Waals surface area contributed by atoms with E-state index in [-0.39, 0.29) is 10.8 Å². The molecule has 0 amide bonds. The van der Waals surface area contributed by atoms with Crippen molar-refractivity contribution in [3.05, 3.63) is 192 Å². The summed E-state index contributed by atoms with van der Waals surface area (Å²) in [6.07, 6.45) is 0. The minimum absolute atomic E-state index is 0.0860. The molecule has 4 heteroatoms. The fourth-order valence-electron chi connectivity index (χ4n) is 10.8. The second-order valence-electron chi connectivity index (χ2n) is 20.2. The van der Waals surface area contributed by atoms with Gasteiger partial charge in [-0.2, -0.15) is 0 Å². The van der Waals surface area contributed by atoms with E-state index in [0.29, 0.717) is 0 Å². The Hall–Kier alpha value is -7.56. The van der Waals surface area contributed by atoms with Gasteiger partial charge in [-0.05, 0) is 106 Å². The molecule has 12 rings (SSSR count). The quantitative estimate of drug-likeness (QED) is 0.156. The molecule has 0 aliphatic carbocycles. The van der Waals surface area contributed by atoms with Crippen LogP contribution in [0, 0.1) is 13.8 Å². The van der Waals surface area contributed by atoms with Gasteiger partial charge in [0.05, 0.1) is 22.7 Å². The molecule has 0 unspecified atom stereocenters. The van der Waals surface area contributed by atoms with Crippen LogP contribution in [0.2, 0.25) is 0 Å². The normalized spacial score (nSPS) is 12.5. The first-order valence-corrected chi connectivity index (χ1v) is 23.2. The van der Waals surface area contributed by atoms with Crippen LogP contribution < -0.4 is 9.80 Å². The van der Waals surface area contributed by atoms with Gasteiger partial charge in [0.15, 0.2) is 11.2 Å². The molecule has 12 aromatic rings. The number of anilines is 6. The second kappa shape index (κ2) is 14.5. The molecule has 0 aliphatic heterocycles. The third kappa shape index (κ3) is 5.97. The van der Waals surface area contributed by atoms with Crippen LogP contribution in [-0.4, -0.2) is 0 Å². The molecule has 2 heterocycles. The lowest BCUT2D eigenvalue weighted by atomic mass is 9.86. The maximum Gasteiger partial charge on any atom is 0.159 e. The predicted octanol–water partition coefficient (Wildman–Crippen LogP) is 18.5. The summed E-state index contributed by atoms with van der Waals surface area (Å²) in [4.78, 5) is 4.83. The zero-order valence-electron chi connectivity index (χ0n) is 38.9. The molecule has 0 atom stereocenters. The minimum Gasteiger partial charge on any atom is -0.454 e. The number of hydrogen-bond donors (Lipinski definition) is 0. The van der Waals surface area contributed by atoms with E-state index in [0.717, 1.165) is 78.0 Å². The van der Waals surface area contributed by atoms with Crippen LogP contribution in [0.1, 0.15) is 63.8 Å². The molecule has 0 N–H and O–H groups in total.